The van der Waals surface area contributed by atoms with Gasteiger partial charge >= 0.3 is 0 Å². The van der Waals surface area contributed by atoms with Crippen LogP contribution in [-0.4, -0.2) is 19.4 Å². The summed E-state index contributed by atoms with van der Waals surface area (Å²) in [5.41, 5.74) is 7.01. The van der Waals surface area contributed by atoms with Gasteiger partial charge in [-0.2, -0.15) is 0 Å². The fourth-order valence-corrected chi connectivity index (χ4v) is 1.30. The lowest BCUT2D eigenvalue weighted by atomic mass is 10.1. The Labute approximate surface area is 83.9 Å². The van der Waals surface area contributed by atoms with E-state index in [1.807, 2.05) is 19.1 Å². The number of carbonyl (C=O) groups excluding carboxylic acids is 1. The van der Waals surface area contributed by atoms with Crippen molar-refractivity contribution in [3.63, 3.8) is 0 Å². The van der Waals surface area contributed by atoms with Gasteiger partial charge in [-0.1, -0.05) is 0 Å². The topological polar surface area (TPSA) is 52.3 Å². The lowest BCUT2D eigenvalue weighted by molar-refractivity contribution is 0.0985. The van der Waals surface area contributed by atoms with Crippen LogP contribution in [-0.2, 0) is 0 Å². The van der Waals surface area contributed by atoms with Crippen LogP contribution in [0.2, 0.25) is 0 Å². The van der Waals surface area contributed by atoms with E-state index < -0.39 is 0 Å². The first-order valence-corrected chi connectivity index (χ1v) is 4.56. The van der Waals surface area contributed by atoms with E-state index in [0.29, 0.717) is 24.3 Å². The molecule has 3 heteroatoms. The average molecular weight is 193 g/mol. The Morgan fingerprint density at radius 2 is 2.14 bits per heavy atom. The number of nitrogens with two attached hydrogens (primary N) is 1. The summed E-state index contributed by atoms with van der Waals surface area (Å²) < 4.78 is 5.08. The van der Waals surface area contributed by atoms with Gasteiger partial charge in [0.1, 0.15) is 5.75 Å². The number of hydrogen-bond donors (Lipinski definition) is 1. The highest BCUT2D eigenvalue weighted by Crippen LogP contribution is 2.17. The van der Waals surface area contributed by atoms with E-state index in [2.05, 4.69) is 0 Å². The third-order valence-corrected chi connectivity index (χ3v) is 1.98. The molecule has 0 aliphatic rings. The summed E-state index contributed by atoms with van der Waals surface area (Å²) >= 11 is 0. The van der Waals surface area contributed by atoms with Crippen molar-refractivity contribution in [3.8, 4) is 5.75 Å². The first-order chi connectivity index (χ1) is 6.67. The summed E-state index contributed by atoms with van der Waals surface area (Å²) in [6.45, 7) is 2.32. The Bertz CT molecular complexity index is 334. The molecule has 1 aromatic rings. The van der Waals surface area contributed by atoms with Crippen molar-refractivity contribution >= 4 is 5.78 Å². The summed E-state index contributed by atoms with van der Waals surface area (Å²) in [4.78, 5) is 11.5. The van der Waals surface area contributed by atoms with E-state index in [-0.39, 0.29) is 5.78 Å². The number of methoxy groups -OCH3 is 1. The summed E-state index contributed by atoms with van der Waals surface area (Å²) in [6.07, 6.45) is 0.382. The molecule has 0 saturated heterocycles. The van der Waals surface area contributed by atoms with Gasteiger partial charge in [0.25, 0.3) is 0 Å². The van der Waals surface area contributed by atoms with Crippen molar-refractivity contribution in [2.24, 2.45) is 5.73 Å². The van der Waals surface area contributed by atoms with Crippen molar-refractivity contribution in [2.45, 2.75) is 13.3 Å². The molecule has 0 fully saturated rings. The molecule has 0 aliphatic heterocycles. The largest absolute Gasteiger partial charge is 0.497 e. The minimum atomic E-state index is 0.0644. The van der Waals surface area contributed by atoms with Crippen LogP contribution in [0, 0.1) is 6.92 Å². The third-order valence-electron chi connectivity index (χ3n) is 1.98. The highest BCUT2D eigenvalue weighted by atomic mass is 16.5. The van der Waals surface area contributed by atoms with E-state index in [1.54, 1.807) is 13.2 Å². The van der Waals surface area contributed by atoms with Crippen LogP contribution in [0.25, 0.3) is 0 Å². The number of Topliss-reactive ketones (excluding diaryl/α,β-unsaturated/α-hetero) is 1. The van der Waals surface area contributed by atoms with Gasteiger partial charge in [0.15, 0.2) is 5.78 Å². The zero-order valence-electron chi connectivity index (χ0n) is 8.54. The van der Waals surface area contributed by atoms with Gasteiger partial charge in [-0.05, 0) is 37.2 Å². The van der Waals surface area contributed by atoms with E-state index >= 15 is 0 Å². The summed E-state index contributed by atoms with van der Waals surface area (Å²) in [5, 5.41) is 0. The molecule has 0 aliphatic carbocycles. The van der Waals surface area contributed by atoms with Gasteiger partial charge in [-0.15, -0.1) is 0 Å². The highest BCUT2D eigenvalue weighted by Gasteiger charge is 2.06. The van der Waals surface area contributed by atoms with Crippen molar-refractivity contribution in [1.82, 2.24) is 0 Å². The molecule has 0 aromatic heterocycles. The van der Waals surface area contributed by atoms with Crippen molar-refractivity contribution in [3.05, 3.63) is 29.3 Å². The molecule has 2 N–H and O–H groups in total. The Hall–Kier alpha value is -1.35. The second-order valence-corrected chi connectivity index (χ2v) is 3.20. The maximum absolute atomic E-state index is 11.5. The predicted octanol–water partition coefficient (Wildman–Crippen LogP) is 1.54. The Morgan fingerprint density at radius 3 is 2.71 bits per heavy atom. The van der Waals surface area contributed by atoms with Crippen LogP contribution in [0.15, 0.2) is 18.2 Å². The summed E-state index contributed by atoms with van der Waals surface area (Å²) in [6, 6.07) is 5.48. The number of ketones is 1. The molecule has 0 saturated carbocycles. The molecule has 0 bridgehead atoms. The molecule has 14 heavy (non-hydrogen) atoms. The lowest BCUT2D eigenvalue weighted by Crippen LogP contribution is -2.08. The number of benzene rings is 1. The summed E-state index contributed by atoms with van der Waals surface area (Å²) in [5.74, 6) is 0.778. The molecule has 0 heterocycles. The molecule has 0 radical (unpaired) electrons. The molecule has 3 nitrogen and oxygen atoms in total. The van der Waals surface area contributed by atoms with Gasteiger partial charge in [0.2, 0.25) is 0 Å². The monoisotopic (exact) mass is 193 g/mol. The van der Waals surface area contributed by atoms with E-state index in [0.717, 1.165) is 5.56 Å². The quantitative estimate of drug-likeness (QED) is 0.738. The van der Waals surface area contributed by atoms with Gasteiger partial charge in [0, 0.05) is 12.0 Å². The summed E-state index contributed by atoms with van der Waals surface area (Å²) in [7, 11) is 1.59. The number of aryl methyl sites for hydroxylation is 1. The van der Waals surface area contributed by atoms with Crippen LogP contribution >= 0.6 is 0 Å². The number of rotatable bonds is 4. The Morgan fingerprint density at radius 1 is 1.43 bits per heavy atom. The van der Waals surface area contributed by atoms with Crippen LogP contribution in [0.1, 0.15) is 22.3 Å². The first kappa shape index (κ1) is 10.7. The SMILES string of the molecule is COc1cc(C)cc(C(=O)CCN)c1. The minimum Gasteiger partial charge on any atom is -0.497 e. The minimum absolute atomic E-state index is 0.0644. The molecule has 0 spiro atoms. The van der Waals surface area contributed by atoms with E-state index in [1.165, 1.54) is 0 Å². The van der Waals surface area contributed by atoms with Crippen LogP contribution in [0.4, 0.5) is 0 Å². The smallest absolute Gasteiger partial charge is 0.164 e. The van der Waals surface area contributed by atoms with Crippen molar-refractivity contribution in [2.75, 3.05) is 13.7 Å². The third kappa shape index (κ3) is 2.57. The van der Waals surface area contributed by atoms with Gasteiger partial charge in [-0.3, -0.25) is 4.79 Å². The molecule has 0 atom stereocenters. The highest BCUT2D eigenvalue weighted by molar-refractivity contribution is 5.96. The molecule has 0 amide bonds. The van der Waals surface area contributed by atoms with Crippen LogP contribution in [0.5, 0.6) is 5.75 Å². The molecule has 0 unspecified atom stereocenters. The lowest BCUT2D eigenvalue weighted by Gasteiger charge is -2.05. The normalized spacial score (nSPS) is 9.93. The van der Waals surface area contributed by atoms with Crippen molar-refractivity contribution < 1.29 is 9.53 Å². The maximum atomic E-state index is 11.5. The number of carbonyl (C=O) groups is 1. The first-order valence-electron chi connectivity index (χ1n) is 4.56. The van der Waals surface area contributed by atoms with Crippen molar-refractivity contribution in [1.29, 1.82) is 0 Å². The predicted molar refractivity (Wildman–Crippen MR) is 55.7 cm³/mol. The zero-order valence-corrected chi connectivity index (χ0v) is 8.54. The molecular weight excluding hydrogens is 178 g/mol. The Balaban J connectivity index is 2.96. The zero-order chi connectivity index (χ0) is 10.6. The maximum Gasteiger partial charge on any atom is 0.164 e. The number of ether oxygens (including phenoxy) is 1. The van der Waals surface area contributed by atoms with Crippen LogP contribution in [0.3, 0.4) is 0 Å². The Kier molecular flexibility index (Phi) is 3.65. The number of hydrogen-bond acceptors (Lipinski definition) is 3. The second-order valence-electron chi connectivity index (χ2n) is 3.20. The molecule has 76 valence electrons. The fourth-order valence-electron chi connectivity index (χ4n) is 1.30. The van der Waals surface area contributed by atoms with E-state index in [4.69, 9.17) is 10.5 Å². The molecule has 1 aromatic carbocycles. The standard InChI is InChI=1S/C11H15NO2/c1-8-5-9(11(13)3-4-12)7-10(6-8)14-2/h5-7H,3-4,12H2,1-2H3. The molecular formula is C11H15NO2. The van der Waals surface area contributed by atoms with Crippen LogP contribution < -0.4 is 10.5 Å². The fraction of sp³-hybridized carbons (Fsp3) is 0.364. The van der Waals surface area contributed by atoms with Gasteiger partial charge in [-0.25, -0.2) is 0 Å². The molecule has 1 rings (SSSR count). The van der Waals surface area contributed by atoms with E-state index in [9.17, 15) is 4.79 Å². The van der Waals surface area contributed by atoms with Gasteiger partial charge in [0.05, 0.1) is 7.11 Å². The average Bonchev–Trinajstić information content (AvgIpc) is 2.17. The second kappa shape index (κ2) is 4.77. The van der Waals surface area contributed by atoms with Gasteiger partial charge < -0.3 is 10.5 Å².